The Bertz CT molecular complexity index is 1470. The van der Waals surface area contributed by atoms with Crippen molar-refractivity contribution in [2.75, 3.05) is 56.6 Å². The van der Waals surface area contributed by atoms with Crippen molar-refractivity contribution in [2.24, 2.45) is 0 Å². The first-order valence-corrected chi connectivity index (χ1v) is 13.7. The molecule has 12 heteroatoms. The fourth-order valence-electron chi connectivity index (χ4n) is 4.11. The normalized spacial score (nSPS) is 15.2. The molecule has 4 N–H and O–H groups in total. The van der Waals surface area contributed by atoms with Gasteiger partial charge in [-0.05, 0) is 49.0 Å². The van der Waals surface area contributed by atoms with Gasteiger partial charge in [0.1, 0.15) is 6.61 Å². The molecular formula is C25H30N8O3S. The third-order valence-corrected chi connectivity index (χ3v) is 8.03. The number of nitrogens with two attached hydrogens (primary N) is 1. The number of nitrogens with one attached hydrogen (secondary N) is 2. The quantitative estimate of drug-likeness (QED) is 0.280. The van der Waals surface area contributed by atoms with E-state index in [0.29, 0.717) is 45.8 Å². The van der Waals surface area contributed by atoms with Crippen molar-refractivity contribution in [3.8, 4) is 5.88 Å². The minimum Gasteiger partial charge on any atom is -0.471 e. The van der Waals surface area contributed by atoms with E-state index in [1.807, 2.05) is 24.3 Å². The second-order valence-electron chi connectivity index (χ2n) is 9.10. The number of hydrogen-bond donors (Lipinski definition) is 3. The van der Waals surface area contributed by atoms with Gasteiger partial charge in [-0.1, -0.05) is 12.1 Å². The molecule has 4 aromatic rings. The molecule has 3 heterocycles. The number of anilines is 3. The van der Waals surface area contributed by atoms with Crippen LogP contribution in [0.15, 0.2) is 59.8 Å². The van der Waals surface area contributed by atoms with Crippen LogP contribution in [0.2, 0.25) is 0 Å². The third-order valence-electron chi connectivity index (χ3n) is 6.32. The summed E-state index contributed by atoms with van der Waals surface area (Å²) in [4.78, 5) is 20.9. The second kappa shape index (κ2) is 10.7. The van der Waals surface area contributed by atoms with Gasteiger partial charge in [-0.25, -0.2) is 13.4 Å². The number of imidazole rings is 1. The smallest absolute Gasteiger partial charge is 0.247 e. The number of sulfone groups is 1. The minimum absolute atomic E-state index is 0.0941. The lowest BCUT2D eigenvalue weighted by Crippen LogP contribution is -2.45. The molecule has 0 spiro atoms. The number of nitrogens with zero attached hydrogens (tertiary/aromatic N) is 5. The zero-order valence-corrected chi connectivity index (χ0v) is 21.4. The molecule has 0 radical (unpaired) electrons. The van der Waals surface area contributed by atoms with Gasteiger partial charge in [0.25, 0.3) is 0 Å². The maximum Gasteiger partial charge on any atom is 0.247 e. The van der Waals surface area contributed by atoms with E-state index in [9.17, 15) is 8.42 Å². The number of ether oxygens (including phenoxy) is 1. The van der Waals surface area contributed by atoms with Crippen molar-refractivity contribution < 1.29 is 13.2 Å². The molecule has 37 heavy (non-hydrogen) atoms. The Morgan fingerprint density at radius 2 is 1.86 bits per heavy atom. The lowest BCUT2D eigenvalue weighted by Gasteiger charge is -2.32. The molecule has 0 saturated carbocycles. The van der Waals surface area contributed by atoms with Crippen molar-refractivity contribution in [3.63, 3.8) is 0 Å². The number of hydrogen-bond acceptors (Lipinski definition) is 10. The minimum atomic E-state index is -3.38. The van der Waals surface area contributed by atoms with Gasteiger partial charge in [-0.2, -0.15) is 9.97 Å². The predicted molar refractivity (Wildman–Crippen MR) is 143 cm³/mol. The number of fused-ring (bicyclic) bond motifs is 1. The van der Waals surface area contributed by atoms with Crippen LogP contribution in [-0.2, 0) is 16.4 Å². The van der Waals surface area contributed by atoms with E-state index in [1.54, 1.807) is 24.3 Å². The number of rotatable bonds is 9. The first-order valence-electron chi connectivity index (χ1n) is 12.0. The average Bonchev–Trinajstić information content (AvgIpc) is 3.36. The number of aromatic nitrogens is 4. The van der Waals surface area contributed by atoms with Gasteiger partial charge in [0.05, 0.1) is 17.0 Å². The van der Waals surface area contributed by atoms with Gasteiger partial charge in [0, 0.05) is 44.1 Å². The van der Waals surface area contributed by atoms with Gasteiger partial charge >= 0.3 is 0 Å². The van der Waals surface area contributed by atoms with Crippen molar-refractivity contribution in [3.05, 3.63) is 60.4 Å². The Labute approximate surface area is 215 Å². The van der Waals surface area contributed by atoms with Crippen LogP contribution in [0, 0.1) is 0 Å². The van der Waals surface area contributed by atoms with Gasteiger partial charge in [-0.3, -0.25) is 4.90 Å². The predicted octanol–water partition coefficient (Wildman–Crippen LogP) is 2.28. The zero-order chi connectivity index (χ0) is 25.8. The van der Waals surface area contributed by atoms with Crippen molar-refractivity contribution >= 4 is 38.3 Å². The number of aromatic amines is 1. The summed E-state index contributed by atoms with van der Waals surface area (Å²) in [5, 5.41) is 3.12. The van der Waals surface area contributed by atoms with Crippen molar-refractivity contribution in [2.45, 2.75) is 11.5 Å². The number of likely N-dealkylation sites (N-methyl/N-ethyl adjacent to an activating group) is 1. The summed E-state index contributed by atoms with van der Waals surface area (Å²) < 4.78 is 31.7. The van der Waals surface area contributed by atoms with Gasteiger partial charge < -0.3 is 25.7 Å². The largest absolute Gasteiger partial charge is 0.471 e. The maximum atomic E-state index is 12.9. The highest BCUT2D eigenvalue weighted by Crippen LogP contribution is 2.25. The van der Waals surface area contributed by atoms with Crippen molar-refractivity contribution in [1.82, 2.24) is 29.7 Å². The molecule has 1 aliphatic rings. The van der Waals surface area contributed by atoms with Crippen LogP contribution in [0.1, 0.15) is 5.56 Å². The molecule has 0 atom stereocenters. The lowest BCUT2D eigenvalue weighted by atomic mass is 10.2. The van der Waals surface area contributed by atoms with Crippen LogP contribution >= 0.6 is 0 Å². The summed E-state index contributed by atoms with van der Waals surface area (Å²) in [6.07, 6.45) is 1.53. The van der Waals surface area contributed by atoms with Gasteiger partial charge in [-0.15, -0.1) is 0 Å². The Morgan fingerprint density at radius 3 is 2.62 bits per heavy atom. The number of H-pyrrole nitrogens is 1. The molecule has 11 nitrogen and oxygen atoms in total. The molecule has 0 bridgehead atoms. The van der Waals surface area contributed by atoms with E-state index in [-0.39, 0.29) is 12.4 Å². The van der Waals surface area contributed by atoms with Crippen LogP contribution in [0.4, 0.5) is 17.3 Å². The SMILES string of the molecule is CN1CCN(CCS(=O)(=O)c2ccc(Nc3nc(OCc4cccc(N)c4)c4nc[nH]c4n3)cc2)CC1. The first-order chi connectivity index (χ1) is 17.9. The van der Waals surface area contributed by atoms with E-state index in [2.05, 4.69) is 42.1 Å². The Kier molecular flexibility index (Phi) is 7.22. The Morgan fingerprint density at radius 1 is 1.08 bits per heavy atom. The summed E-state index contributed by atoms with van der Waals surface area (Å²) in [5.74, 6) is 0.709. The van der Waals surface area contributed by atoms with Crippen LogP contribution in [-0.4, -0.2) is 83.7 Å². The zero-order valence-electron chi connectivity index (χ0n) is 20.6. The molecular weight excluding hydrogens is 492 g/mol. The fourth-order valence-corrected chi connectivity index (χ4v) is 5.40. The highest BCUT2D eigenvalue weighted by Gasteiger charge is 2.19. The summed E-state index contributed by atoms with van der Waals surface area (Å²) in [7, 11) is -1.30. The molecule has 1 aliphatic heterocycles. The average molecular weight is 523 g/mol. The fraction of sp³-hybridized carbons (Fsp3) is 0.320. The molecule has 194 valence electrons. The molecule has 1 saturated heterocycles. The molecule has 2 aromatic carbocycles. The molecule has 0 aliphatic carbocycles. The Hall–Kier alpha value is -3.74. The third kappa shape index (κ3) is 6.16. The van der Waals surface area contributed by atoms with E-state index >= 15 is 0 Å². The van der Waals surface area contributed by atoms with Gasteiger partial charge in [0.15, 0.2) is 21.0 Å². The van der Waals surface area contributed by atoms with E-state index in [4.69, 9.17) is 10.5 Å². The first kappa shape index (κ1) is 24.9. The monoisotopic (exact) mass is 522 g/mol. The lowest BCUT2D eigenvalue weighted by molar-refractivity contribution is 0.161. The van der Waals surface area contributed by atoms with Crippen molar-refractivity contribution in [1.29, 1.82) is 0 Å². The standard InChI is InChI=1S/C25H30N8O3S/c1-32-9-11-33(12-10-32)13-14-37(34,35)21-7-5-20(6-8-21)29-25-30-23-22(27-17-28-23)24(31-25)36-16-18-3-2-4-19(26)15-18/h2-8,15,17H,9-14,16,26H2,1H3,(H2,27,28,29,30,31). The number of piperazine rings is 1. The molecule has 1 fully saturated rings. The maximum absolute atomic E-state index is 12.9. The van der Waals surface area contributed by atoms with Crippen LogP contribution in [0.25, 0.3) is 11.2 Å². The van der Waals surface area contributed by atoms with E-state index in [1.165, 1.54) is 6.33 Å². The highest BCUT2D eigenvalue weighted by molar-refractivity contribution is 7.91. The van der Waals surface area contributed by atoms with Crippen LogP contribution in [0.3, 0.4) is 0 Å². The Balaban J connectivity index is 1.25. The molecule has 5 rings (SSSR count). The van der Waals surface area contributed by atoms with E-state index in [0.717, 1.165) is 31.7 Å². The molecule has 0 amide bonds. The summed E-state index contributed by atoms with van der Waals surface area (Å²) in [5.41, 5.74) is 9.09. The van der Waals surface area contributed by atoms with Gasteiger partial charge in [0.2, 0.25) is 11.8 Å². The summed E-state index contributed by atoms with van der Waals surface area (Å²) in [6, 6.07) is 14.0. The second-order valence-corrected chi connectivity index (χ2v) is 11.2. The molecule has 2 aromatic heterocycles. The number of benzene rings is 2. The van der Waals surface area contributed by atoms with E-state index < -0.39 is 9.84 Å². The topological polar surface area (TPSA) is 142 Å². The van der Waals surface area contributed by atoms with Crippen LogP contribution in [0.5, 0.6) is 5.88 Å². The summed E-state index contributed by atoms with van der Waals surface area (Å²) >= 11 is 0. The number of nitrogen functional groups attached to an aromatic ring is 1. The van der Waals surface area contributed by atoms with Crippen LogP contribution < -0.4 is 15.8 Å². The summed E-state index contributed by atoms with van der Waals surface area (Å²) in [6.45, 7) is 4.50. The highest BCUT2D eigenvalue weighted by atomic mass is 32.2. The molecule has 0 unspecified atom stereocenters.